The van der Waals surface area contributed by atoms with Crippen LogP contribution in [-0.2, 0) is 10.2 Å². The topological polar surface area (TPSA) is 54.0 Å². The largest absolute Gasteiger partial charge is 0.374 e. The van der Waals surface area contributed by atoms with E-state index in [1.807, 2.05) is 42.5 Å². The number of nitrogens with one attached hydrogen (secondary N) is 2. The lowest BCUT2D eigenvalue weighted by Gasteiger charge is -2.19. The fourth-order valence-electron chi connectivity index (χ4n) is 2.68. The van der Waals surface area contributed by atoms with Gasteiger partial charge in [0.25, 0.3) is 0 Å². The van der Waals surface area contributed by atoms with E-state index in [4.69, 9.17) is 0 Å². The molecule has 0 radical (unpaired) electrons. The molecule has 1 heterocycles. The zero-order valence-corrected chi connectivity index (χ0v) is 14.8. The molecular formula is C21H23N3O. The van der Waals surface area contributed by atoms with E-state index >= 15 is 0 Å². The molecule has 0 bridgehead atoms. The Kier molecular flexibility index (Phi) is 4.70. The number of nitrogens with zero attached hydrogens (tertiary/aromatic N) is 1. The minimum atomic E-state index is -0.0866. The average Bonchev–Trinajstić information content (AvgIpc) is 2.59. The molecule has 3 rings (SSSR count). The van der Waals surface area contributed by atoms with Gasteiger partial charge >= 0.3 is 0 Å². The number of rotatable bonds is 4. The highest BCUT2D eigenvalue weighted by atomic mass is 16.1. The number of fused-ring (bicyclic) bond motifs is 1. The first-order chi connectivity index (χ1) is 11.9. The van der Waals surface area contributed by atoms with Crippen LogP contribution in [0.2, 0.25) is 0 Å². The van der Waals surface area contributed by atoms with Crippen molar-refractivity contribution in [1.29, 1.82) is 0 Å². The first kappa shape index (κ1) is 17.0. The van der Waals surface area contributed by atoms with E-state index in [1.54, 1.807) is 6.20 Å². The number of pyridine rings is 1. The Hall–Kier alpha value is -2.88. The van der Waals surface area contributed by atoms with Gasteiger partial charge in [-0.05, 0) is 35.2 Å². The molecule has 0 aliphatic carbocycles. The Balaban J connectivity index is 1.63. The van der Waals surface area contributed by atoms with Gasteiger partial charge in [0.05, 0.1) is 17.7 Å². The summed E-state index contributed by atoms with van der Waals surface area (Å²) < 4.78 is 0. The van der Waals surface area contributed by atoms with Crippen LogP contribution < -0.4 is 10.6 Å². The molecular weight excluding hydrogens is 310 g/mol. The molecule has 128 valence electrons. The molecule has 0 aliphatic heterocycles. The van der Waals surface area contributed by atoms with Crippen molar-refractivity contribution < 1.29 is 4.79 Å². The second kappa shape index (κ2) is 6.93. The maximum atomic E-state index is 12.2. The van der Waals surface area contributed by atoms with Gasteiger partial charge in [-0.1, -0.05) is 51.1 Å². The highest BCUT2D eigenvalue weighted by Gasteiger charge is 2.13. The van der Waals surface area contributed by atoms with Crippen LogP contribution in [0.4, 0.5) is 11.4 Å². The van der Waals surface area contributed by atoms with Crippen LogP contribution in [0.5, 0.6) is 0 Å². The van der Waals surface area contributed by atoms with E-state index in [0.717, 1.165) is 22.3 Å². The quantitative estimate of drug-likeness (QED) is 0.734. The van der Waals surface area contributed by atoms with Gasteiger partial charge in [0.2, 0.25) is 5.91 Å². The number of benzene rings is 2. The third-order valence-corrected chi connectivity index (χ3v) is 4.11. The lowest BCUT2D eigenvalue weighted by atomic mass is 9.87. The molecule has 1 aromatic heterocycles. The van der Waals surface area contributed by atoms with Crippen molar-refractivity contribution in [2.24, 2.45) is 0 Å². The van der Waals surface area contributed by atoms with Crippen LogP contribution in [0.1, 0.15) is 26.3 Å². The predicted molar refractivity (Wildman–Crippen MR) is 104 cm³/mol. The monoisotopic (exact) mass is 333 g/mol. The molecule has 25 heavy (non-hydrogen) atoms. The molecule has 0 saturated heterocycles. The number of hydrogen-bond donors (Lipinski definition) is 2. The number of anilines is 2. The van der Waals surface area contributed by atoms with Gasteiger partial charge in [0.1, 0.15) is 0 Å². The van der Waals surface area contributed by atoms with Crippen LogP contribution in [0.25, 0.3) is 10.9 Å². The molecule has 0 atom stereocenters. The lowest BCUT2D eigenvalue weighted by Crippen LogP contribution is -2.22. The third-order valence-electron chi connectivity index (χ3n) is 4.11. The van der Waals surface area contributed by atoms with Crippen molar-refractivity contribution in [3.63, 3.8) is 0 Å². The average molecular weight is 333 g/mol. The van der Waals surface area contributed by atoms with Crippen LogP contribution in [0, 0.1) is 0 Å². The number of amides is 1. The SMILES string of the molecule is CC(C)(C)c1ccc(NC(=O)CNc2cccc3cccnc23)cc1. The summed E-state index contributed by atoms with van der Waals surface area (Å²) >= 11 is 0. The Morgan fingerprint density at radius 3 is 2.44 bits per heavy atom. The molecule has 0 spiro atoms. The minimum absolute atomic E-state index is 0.0866. The first-order valence-corrected chi connectivity index (χ1v) is 8.41. The van der Waals surface area contributed by atoms with E-state index in [9.17, 15) is 4.79 Å². The van der Waals surface area contributed by atoms with Gasteiger partial charge in [-0.2, -0.15) is 0 Å². The van der Waals surface area contributed by atoms with Gasteiger partial charge in [-0.3, -0.25) is 9.78 Å². The van der Waals surface area contributed by atoms with Crippen molar-refractivity contribution in [3.05, 3.63) is 66.4 Å². The second-order valence-corrected chi connectivity index (χ2v) is 7.11. The molecule has 1 amide bonds. The van der Waals surface area contributed by atoms with Gasteiger partial charge in [0, 0.05) is 17.3 Å². The number of hydrogen-bond acceptors (Lipinski definition) is 3. The van der Waals surface area contributed by atoms with E-state index in [-0.39, 0.29) is 17.9 Å². The molecule has 0 fully saturated rings. The van der Waals surface area contributed by atoms with Crippen molar-refractivity contribution in [2.45, 2.75) is 26.2 Å². The summed E-state index contributed by atoms with van der Waals surface area (Å²) in [6.45, 7) is 6.70. The second-order valence-electron chi connectivity index (χ2n) is 7.11. The Bertz CT molecular complexity index is 874. The Morgan fingerprint density at radius 1 is 1.00 bits per heavy atom. The lowest BCUT2D eigenvalue weighted by molar-refractivity contribution is -0.114. The number of para-hydroxylation sites is 1. The Labute approximate surface area is 148 Å². The number of carbonyl (C=O) groups excluding carboxylic acids is 1. The maximum absolute atomic E-state index is 12.2. The van der Waals surface area contributed by atoms with Gasteiger partial charge in [-0.15, -0.1) is 0 Å². The summed E-state index contributed by atoms with van der Waals surface area (Å²) in [6, 6.07) is 17.8. The summed E-state index contributed by atoms with van der Waals surface area (Å²) in [6.07, 6.45) is 1.75. The van der Waals surface area contributed by atoms with E-state index in [0.29, 0.717) is 0 Å². The van der Waals surface area contributed by atoms with Crippen molar-refractivity contribution in [3.8, 4) is 0 Å². The van der Waals surface area contributed by atoms with Gasteiger partial charge in [0.15, 0.2) is 0 Å². The fourth-order valence-corrected chi connectivity index (χ4v) is 2.68. The standard InChI is InChI=1S/C21H23N3O/c1-21(2,3)16-9-11-17(12-10-16)24-19(25)14-23-18-8-4-6-15-7-5-13-22-20(15)18/h4-13,23H,14H2,1-3H3,(H,24,25). The molecule has 0 unspecified atom stereocenters. The third kappa shape index (κ3) is 4.15. The normalized spacial score (nSPS) is 11.3. The van der Waals surface area contributed by atoms with Gasteiger partial charge in [-0.25, -0.2) is 0 Å². The minimum Gasteiger partial charge on any atom is -0.374 e. The smallest absolute Gasteiger partial charge is 0.243 e. The van der Waals surface area contributed by atoms with Crippen LogP contribution >= 0.6 is 0 Å². The number of aromatic nitrogens is 1. The highest BCUT2D eigenvalue weighted by Crippen LogP contribution is 2.23. The summed E-state index contributed by atoms with van der Waals surface area (Å²) in [4.78, 5) is 16.6. The summed E-state index contributed by atoms with van der Waals surface area (Å²) in [7, 11) is 0. The Morgan fingerprint density at radius 2 is 1.72 bits per heavy atom. The van der Waals surface area contributed by atoms with Crippen molar-refractivity contribution >= 4 is 28.2 Å². The van der Waals surface area contributed by atoms with E-state index in [2.05, 4.69) is 48.5 Å². The zero-order valence-electron chi connectivity index (χ0n) is 14.8. The summed E-state index contributed by atoms with van der Waals surface area (Å²) in [5.74, 6) is -0.0866. The van der Waals surface area contributed by atoms with Crippen molar-refractivity contribution in [1.82, 2.24) is 4.98 Å². The fraction of sp³-hybridized carbons (Fsp3) is 0.238. The molecule has 4 heteroatoms. The first-order valence-electron chi connectivity index (χ1n) is 8.41. The van der Waals surface area contributed by atoms with Crippen molar-refractivity contribution in [2.75, 3.05) is 17.2 Å². The molecule has 0 saturated carbocycles. The molecule has 3 aromatic rings. The molecule has 4 nitrogen and oxygen atoms in total. The molecule has 2 aromatic carbocycles. The summed E-state index contributed by atoms with van der Waals surface area (Å²) in [5.41, 5.74) is 3.87. The predicted octanol–water partition coefficient (Wildman–Crippen LogP) is 4.58. The summed E-state index contributed by atoms with van der Waals surface area (Å²) in [5, 5.41) is 7.13. The van der Waals surface area contributed by atoms with E-state index < -0.39 is 0 Å². The van der Waals surface area contributed by atoms with E-state index in [1.165, 1.54) is 5.56 Å². The highest BCUT2D eigenvalue weighted by molar-refractivity contribution is 5.96. The maximum Gasteiger partial charge on any atom is 0.243 e. The molecule has 2 N–H and O–H groups in total. The molecule has 0 aliphatic rings. The van der Waals surface area contributed by atoms with Crippen LogP contribution in [0.3, 0.4) is 0 Å². The zero-order chi connectivity index (χ0) is 17.9. The van der Waals surface area contributed by atoms with Gasteiger partial charge < -0.3 is 10.6 Å². The number of carbonyl (C=O) groups is 1. The van der Waals surface area contributed by atoms with Crippen LogP contribution in [0.15, 0.2) is 60.8 Å². The van der Waals surface area contributed by atoms with Crippen LogP contribution in [-0.4, -0.2) is 17.4 Å².